The number of rotatable bonds is 7. The second kappa shape index (κ2) is 9.26. The maximum atomic E-state index is 5.89. The van der Waals surface area contributed by atoms with Crippen molar-refractivity contribution in [2.45, 2.75) is 38.1 Å². The number of nitrogens with zero attached hydrogens (tertiary/aromatic N) is 1. The van der Waals surface area contributed by atoms with Crippen molar-refractivity contribution in [1.29, 1.82) is 0 Å². The van der Waals surface area contributed by atoms with Crippen LogP contribution in [0, 0.1) is 0 Å². The Morgan fingerprint density at radius 3 is 2.61 bits per heavy atom. The minimum atomic E-state index is 0.556. The van der Waals surface area contributed by atoms with Crippen LogP contribution in [0.15, 0.2) is 24.3 Å². The highest BCUT2D eigenvalue weighted by Gasteiger charge is 2.12. The molecule has 0 spiro atoms. The van der Waals surface area contributed by atoms with E-state index in [1.807, 2.05) is 0 Å². The Morgan fingerprint density at radius 2 is 1.87 bits per heavy atom. The summed E-state index contributed by atoms with van der Waals surface area (Å²) in [6, 6.07) is 9.20. The summed E-state index contributed by atoms with van der Waals surface area (Å²) in [6.07, 6.45) is 6.36. The highest BCUT2D eigenvalue weighted by molar-refractivity contribution is 5.27. The lowest BCUT2D eigenvalue weighted by molar-refractivity contribution is 0.205. The predicted molar refractivity (Wildman–Crippen MR) is 95.2 cm³/mol. The zero-order valence-electron chi connectivity index (χ0n) is 14.2. The molecule has 0 saturated carbocycles. The molecule has 2 aliphatic heterocycles. The topological polar surface area (TPSA) is 36.5 Å². The van der Waals surface area contributed by atoms with Gasteiger partial charge in [-0.3, -0.25) is 0 Å². The molecule has 2 aliphatic rings. The number of benzene rings is 1. The summed E-state index contributed by atoms with van der Waals surface area (Å²) in [6.45, 7) is 7.78. The molecule has 2 saturated heterocycles. The van der Waals surface area contributed by atoms with Gasteiger partial charge >= 0.3 is 0 Å². The summed E-state index contributed by atoms with van der Waals surface area (Å²) >= 11 is 0. The largest absolute Gasteiger partial charge is 0.494 e. The van der Waals surface area contributed by atoms with E-state index in [1.54, 1.807) is 0 Å². The average Bonchev–Trinajstić information content (AvgIpc) is 2.62. The van der Waals surface area contributed by atoms with E-state index in [2.05, 4.69) is 39.8 Å². The number of ether oxygens (including phenoxy) is 1. The molecule has 4 heteroatoms. The van der Waals surface area contributed by atoms with Crippen LogP contribution in [0.2, 0.25) is 0 Å². The van der Waals surface area contributed by atoms with Crippen LogP contribution < -0.4 is 15.4 Å². The van der Waals surface area contributed by atoms with Gasteiger partial charge in [-0.1, -0.05) is 18.6 Å². The zero-order valence-corrected chi connectivity index (χ0v) is 14.2. The van der Waals surface area contributed by atoms with Crippen molar-refractivity contribution >= 4 is 0 Å². The molecule has 1 aromatic rings. The lowest BCUT2D eigenvalue weighted by Crippen LogP contribution is -2.49. The molecule has 0 amide bonds. The van der Waals surface area contributed by atoms with Crippen LogP contribution in [0.4, 0.5) is 0 Å². The molecule has 1 aromatic carbocycles. The van der Waals surface area contributed by atoms with Gasteiger partial charge in [-0.05, 0) is 56.5 Å². The first-order chi connectivity index (χ1) is 11.4. The molecule has 2 N–H and O–H groups in total. The molecule has 2 heterocycles. The fraction of sp³-hybridized carbons (Fsp3) is 0.684. The molecule has 0 radical (unpaired) electrons. The van der Waals surface area contributed by atoms with Crippen molar-refractivity contribution in [3.8, 4) is 5.75 Å². The summed E-state index contributed by atoms with van der Waals surface area (Å²) in [5.74, 6) is 1.00. The lowest BCUT2D eigenvalue weighted by Gasteiger charge is -2.26. The lowest BCUT2D eigenvalue weighted by atomic mass is 10.0. The third-order valence-electron chi connectivity index (χ3n) is 4.87. The molecule has 0 aliphatic carbocycles. The van der Waals surface area contributed by atoms with Crippen LogP contribution in [0.25, 0.3) is 0 Å². The number of hydrogen-bond donors (Lipinski definition) is 2. The van der Waals surface area contributed by atoms with Gasteiger partial charge in [0, 0.05) is 32.2 Å². The van der Waals surface area contributed by atoms with Gasteiger partial charge in [0.2, 0.25) is 0 Å². The van der Waals surface area contributed by atoms with Crippen LogP contribution in [0.1, 0.15) is 31.2 Å². The van der Waals surface area contributed by atoms with E-state index in [1.165, 1.54) is 44.5 Å². The summed E-state index contributed by atoms with van der Waals surface area (Å²) < 4.78 is 5.89. The summed E-state index contributed by atoms with van der Waals surface area (Å²) in [5.41, 5.74) is 1.38. The summed E-state index contributed by atoms with van der Waals surface area (Å²) in [4.78, 5) is 2.57. The second-order valence-corrected chi connectivity index (χ2v) is 6.81. The van der Waals surface area contributed by atoms with E-state index in [-0.39, 0.29) is 0 Å². The predicted octanol–water partition coefficient (Wildman–Crippen LogP) is 2.05. The summed E-state index contributed by atoms with van der Waals surface area (Å²) in [5, 5.41) is 6.99. The summed E-state index contributed by atoms with van der Waals surface area (Å²) in [7, 11) is 0. The van der Waals surface area contributed by atoms with Crippen molar-refractivity contribution < 1.29 is 4.74 Å². The SMILES string of the molecule is c1cc(OCCCN2CCCCC2)ccc1C[C@H]1CNCCN1. The van der Waals surface area contributed by atoms with Gasteiger partial charge in [0.25, 0.3) is 0 Å². The third kappa shape index (κ3) is 5.79. The Morgan fingerprint density at radius 1 is 1.04 bits per heavy atom. The van der Waals surface area contributed by atoms with Crippen LogP contribution in [-0.2, 0) is 6.42 Å². The van der Waals surface area contributed by atoms with Gasteiger partial charge in [-0.2, -0.15) is 0 Å². The van der Waals surface area contributed by atoms with Gasteiger partial charge < -0.3 is 20.3 Å². The van der Waals surface area contributed by atoms with Gasteiger partial charge in [0.05, 0.1) is 6.61 Å². The molecule has 4 nitrogen and oxygen atoms in total. The van der Waals surface area contributed by atoms with Crippen molar-refractivity contribution in [2.75, 3.05) is 45.9 Å². The van der Waals surface area contributed by atoms with Crippen LogP contribution >= 0.6 is 0 Å². The Bertz CT molecular complexity index is 436. The molecule has 0 unspecified atom stereocenters. The minimum absolute atomic E-state index is 0.556. The number of likely N-dealkylation sites (tertiary alicyclic amines) is 1. The number of nitrogens with one attached hydrogen (secondary N) is 2. The van der Waals surface area contributed by atoms with E-state index in [0.29, 0.717) is 6.04 Å². The Hall–Kier alpha value is -1.10. The molecule has 23 heavy (non-hydrogen) atoms. The zero-order chi connectivity index (χ0) is 15.7. The van der Waals surface area contributed by atoms with Crippen LogP contribution in [0.5, 0.6) is 5.75 Å². The van der Waals surface area contributed by atoms with Crippen LogP contribution in [0.3, 0.4) is 0 Å². The average molecular weight is 317 g/mol. The molecule has 2 fully saturated rings. The molecule has 0 bridgehead atoms. The van der Waals surface area contributed by atoms with Crippen molar-refractivity contribution in [3.63, 3.8) is 0 Å². The maximum absolute atomic E-state index is 5.89. The molecule has 128 valence electrons. The highest BCUT2D eigenvalue weighted by Crippen LogP contribution is 2.14. The first kappa shape index (κ1) is 16.7. The Balaban J connectivity index is 1.33. The highest BCUT2D eigenvalue weighted by atomic mass is 16.5. The molecule has 3 rings (SSSR count). The first-order valence-electron chi connectivity index (χ1n) is 9.28. The van der Waals surface area contributed by atoms with Gasteiger partial charge in [0.1, 0.15) is 5.75 Å². The quantitative estimate of drug-likeness (QED) is 0.755. The molecular weight excluding hydrogens is 286 g/mol. The van der Waals surface area contributed by atoms with Gasteiger partial charge in [-0.15, -0.1) is 0 Å². The van der Waals surface area contributed by atoms with E-state index < -0.39 is 0 Å². The number of piperidine rings is 1. The second-order valence-electron chi connectivity index (χ2n) is 6.81. The van der Waals surface area contributed by atoms with Gasteiger partial charge in [-0.25, -0.2) is 0 Å². The molecule has 1 atom stereocenters. The number of piperazine rings is 1. The van der Waals surface area contributed by atoms with Crippen molar-refractivity contribution in [2.24, 2.45) is 0 Å². The maximum Gasteiger partial charge on any atom is 0.119 e. The normalized spacial score (nSPS) is 22.9. The first-order valence-corrected chi connectivity index (χ1v) is 9.28. The van der Waals surface area contributed by atoms with E-state index in [0.717, 1.165) is 44.8 Å². The van der Waals surface area contributed by atoms with Crippen molar-refractivity contribution in [1.82, 2.24) is 15.5 Å². The minimum Gasteiger partial charge on any atom is -0.494 e. The van der Waals surface area contributed by atoms with E-state index >= 15 is 0 Å². The Kier molecular flexibility index (Phi) is 6.74. The molecular formula is C19H31N3O. The van der Waals surface area contributed by atoms with E-state index in [9.17, 15) is 0 Å². The monoisotopic (exact) mass is 317 g/mol. The smallest absolute Gasteiger partial charge is 0.119 e. The standard InChI is InChI=1S/C19H31N3O/c1-2-11-22(12-3-1)13-4-14-23-19-7-5-17(6-8-19)15-18-16-20-9-10-21-18/h5-8,18,20-21H,1-4,9-16H2/t18-/m0/s1. The van der Waals surface area contributed by atoms with Gasteiger partial charge in [0.15, 0.2) is 0 Å². The van der Waals surface area contributed by atoms with E-state index in [4.69, 9.17) is 4.74 Å². The third-order valence-corrected chi connectivity index (χ3v) is 4.87. The fourth-order valence-electron chi connectivity index (χ4n) is 3.52. The molecule has 0 aromatic heterocycles. The fourth-order valence-corrected chi connectivity index (χ4v) is 3.52. The van der Waals surface area contributed by atoms with Crippen molar-refractivity contribution in [3.05, 3.63) is 29.8 Å². The number of hydrogen-bond acceptors (Lipinski definition) is 4. The van der Waals surface area contributed by atoms with Crippen LogP contribution in [-0.4, -0.2) is 56.8 Å². The Labute approximate surface area is 140 Å².